The van der Waals surface area contributed by atoms with Crippen LogP contribution in [0.2, 0.25) is 0 Å². The van der Waals surface area contributed by atoms with Gasteiger partial charge in [-0.15, -0.1) is 0 Å². The minimum Gasteiger partial charge on any atom is -0.497 e. The number of carbonyl (C=O) groups is 1. The Balaban J connectivity index is 1.37. The first-order chi connectivity index (χ1) is 12.7. The molecule has 0 bridgehead atoms. The van der Waals surface area contributed by atoms with Gasteiger partial charge in [-0.1, -0.05) is 12.1 Å². The van der Waals surface area contributed by atoms with Gasteiger partial charge in [0.15, 0.2) is 0 Å². The van der Waals surface area contributed by atoms with Gasteiger partial charge in [-0.2, -0.15) is 0 Å². The Bertz CT molecular complexity index is 686. The maximum absolute atomic E-state index is 12.2. The van der Waals surface area contributed by atoms with Crippen LogP contribution in [0.15, 0.2) is 42.7 Å². The van der Waals surface area contributed by atoms with Crippen molar-refractivity contribution in [3.05, 3.63) is 48.3 Å². The van der Waals surface area contributed by atoms with Crippen molar-refractivity contribution in [2.75, 3.05) is 32.1 Å². The number of nitrogens with one attached hydrogen (secondary N) is 1. The van der Waals surface area contributed by atoms with E-state index in [4.69, 9.17) is 9.47 Å². The largest absolute Gasteiger partial charge is 0.497 e. The quantitative estimate of drug-likeness (QED) is 0.857. The number of ether oxygens (including phenoxy) is 2. The van der Waals surface area contributed by atoms with Crippen LogP contribution in [-0.2, 0) is 11.3 Å². The molecule has 0 radical (unpaired) electrons. The number of amides is 1. The van der Waals surface area contributed by atoms with Crippen molar-refractivity contribution in [3.63, 3.8) is 0 Å². The molecule has 0 saturated carbocycles. The average molecular weight is 356 g/mol. The summed E-state index contributed by atoms with van der Waals surface area (Å²) in [5.41, 5.74) is 0.945. The molecule has 1 aromatic heterocycles. The summed E-state index contributed by atoms with van der Waals surface area (Å²) >= 11 is 0. The fourth-order valence-electron chi connectivity index (χ4n) is 2.90. The molecule has 1 aromatic carbocycles. The summed E-state index contributed by atoms with van der Waals surface area (Å²) < 4.78 is 10.5. The zero-order valence-electron chi connectivity index (χ0n) is 14.9. The molecule has 138 valence electrons. The molecule has 7 heteroatoms. The summed E-state index contributed by atoms with van der Waals surface area (Å²) in [4.78, 5) is 22.3. The Morgan fingerprint density at radius 2 is 1.88 bits per heavy atom. The third-order valence-corrected chi connectivity index (χ3v) is 4.51. The fourth-order valence-corrected chi connectivity index (χ4v) is 2.90. The summed E-state index contributed by atoms with van der Waals surface area (Å²) in [7, 11) is 1.63. The van der Waals surface area contributed by atoms with Crippen LogP contribution in [0.25, 0.3) is 0 Å². The van der Waals surface area contributed by atoms with Crippen molar-refractivity contribution in [2.24, 2.45) is 5.92 Å². The number of nitrogens with zero attached hydrogens (tertiary/aromatic N) is 3. The maximum Gasteiger partial charge on any atom is 0.410 e. The molecule has 1 aliphatic heterocycles. The molecule has 2 aromatic rings. The lowest BCUT2D eigenvalue weighted by Crippen LogP contribution is -2.40. The molecule has 1 fully saturated rings. The van der Waals surface area contributed by atoms with E-state index in [2.05, 4.69) is 15.3 Å². The Labute approximate surface area is 153 Å². The van der Waals surface area contributed by atoms with Gasteiger partial charge >= 0.3 is 6.09 Å². The summed E-state index contributed by atoms with van der Waals surface area (Å²) in [6, 6.07) is 9.31. The first-order valence-electron chi connectivity index (χ1n) is 8.80. The molecule has 2 heterocycles. The highest BCUT2D eigenvalue weighted by Gasteiger charge is 2.23. The van der Waals surface area contributed by atoms with E-state index < -0.39 is 0 Å². The standard InChI is InChI=1S/C19H24N4O3/c1-25-17-5-3-16(4-6-17)14-26-19(24)23-11-7-15(8-12-23)13-22-18-20-9-2-10-21-18/h2-6,9-10,15H,7-8,11-14H2,1H3,(H,20,21,22). The zero-order valence-corrected chi connectivity index (χ0v) is 14.9. The second kappa shape index (κ2) is 9.03. The van der Waals surface area contributed by atoms with E-state index in [1.165, 1.54) is 0 Å². The Morgan fingerprint density at radius 1 is 1.19 bits per heavy atom. The molecule has 1 saturated heterocycles. The number of carbonyl (C=O) groups excluding carboxylic acids is 1. The van der Waals surface area contributed by atoms with Crippen LogP contribution in [0.3, 0.4) is 0 Å². The highest BCUT2D eigenvalue weighted by atomic mass is 16.6. The molecule has 1 aliphatic rings. The summed E-state index contributed by atoms with van der Waals surface area (Å²) in [6.45, 7) is 2.52. The highest BCUT2D eigenvalue weighted by molar-refractivity contribution is 5.67. The monoisotopic (exact) mass is 356 g/mol. The summed E-state index contributed by atoms with van der Waals surface area (Å²) in [5.74, 6) is 1.94. The van der Waals surface area contributed by atoms with Crippen molar-refractivity contribution in [3.8, 4) is 5.75 Å². The topological polar surface area (TPSA) is 76.6 Å². The highest BCUT2D eigenvalue weighted by Crippen LogP contribution is 2.19. The third kappa shape index (κ3) is 5.08. The number of likely N-dealkylation sites (tertiary alicyclic amines) is 1. The van der Waals surface area contributed by atoms with E-state index in [9.17, 15) is 4.79 Å². The van der Waals surface area contributed by atoms with Crippen molar-refractivity contribution < 1.29 is 14.3 Å². The van der Waals surface area contributed by atoms with Gasteiger partial charge in [-0.3, -0.25) is 0 Å². The molecule has 7 nitrogen and oxygen atoms in total. The van der Waals surface area contributed by atoms with Gasteiger partial charge in [0.25, 0.3) is 0 Å². The molecule has 0 spiro atoms. The van der Waals surface area contributed by atoms with Crippen LogP contribution < -0.4 is 10.1 Å². The van der Waals surface area contributed by atoms with Crippen LogP contribution in [0, 0.1) is 5.92 Å². The third-order valence-electron chi connectivity index (χ3n) is 4.51. The van der Waals surface area contributed by atoms with Gasteiger partial charge in [0.05, 0.1) is 7.11 Å². The lowest BCUT2D eigenvalue weighted by Gasteiger charge is -2.31. The second-order valence-corrected chi connectivity index (χ2v) is 6.29. The molecular weight excluding hydrogens is 332 g/mol. The number of aromatic nitrogens is 2. The SMILES string of the molecule is COc1ccc(COC(=O)N2CCC(CNc3ncccn3)CC2)cc1. The lowest BCUT2D eigenvalue weighted by atomic mass is 9.97. The predicted octanol–water partition coefficient (Wildman–Crippen LogP) is 2.95. The van der Waals surface area contributed by atoms with Crippen LogP contribution in [0.5, 0.6) is 5.75 Å². The second-order valence-electron chi connectivity index (χ2n) is 6.29. The van der Waals surface area contributed by atoms with E-state index >= 15 is 0 Å². The van der Waals surface area contributed by atoms with Gasteiger partial charge in [0.2, 0.25) is 5.95 Å². The zero-order chi connectivity index (χ0) is 18.2. The number of hydrogen-bond donors (Lipinski definition) is 1. The van der Waals surface area contributed by atoms with E-state index in [1.807, 2.05) is 24.3 Å². The molecule has 1 amide bonds. The number of hydrogen-bond acceptors (Lipinski definition) is 6. The Morgan fingerprint density at radius 3 is 2.54 bits per heavy atom. The molecule has 3 rings (SSSR count). The number of methoxy groups -OCH3 is 1. The first-order valence-corrected chi connectivity index (χ1v) is 8.80. The minimum atomic E-state index is -0.251. The fraction of sp³-hybridized carbons (Fsp3) is 0.421. The van der Waals surface area contributed by atoms with E-state index in [0.717, 1.165) is 30.7 Å². The van der Waals surface area contributed by atoms with Crippen LogP contribution in [0.4, 0.5) is 10.7 Å². The van der Waals surface area contributed by atoms with Crippen molar-refractivity contribution >= 4 is 12.0 Å². The normalized spacial score (nSPS) is 14.7. The maximum atomic E-state index is 12.2. The Hall–Kier alpha value is -2.83. The molecule has 0 unspecified atom stereocenters. The molecule has 0 atom stereocenters. The van der Waals surface area contributed by atoms with Gasteiger partial charge in [0, 0.05) is 32.0 Å². The number of piperidine rings is 1. The van der Waals surface area contributed by atoms with E-state index in [1.54, 1.807) is 30.5 Å². The van der Waals surface area contributed by atoms with Gasteiger partial charge < -0.3 is 19.7 Å². The number of anilines is 1. The van der Waals surface area contributed by atoms with Crippen LogP contribution >= 0.6 is 0 Å². The lowest BCUT2D eigenvalue weighted by molar-refractivity contribution is 0.0832. The van der Waals surface area contributed by atoms with E-state index in [0.29, 0.717) is 25.0 Å². The summed E-state index contributed by atoms with van der Waals surface area (Å²) in [5, 5.41) is 3.25. The van der Waals surface area contributed by atoms with Gasteiger partial charge in [-0.25, -0.2) is 14.8 Å². The Kier molecular flexibility index (Phi) is 6.24. The van der Waals surface area contributed by atoms with Crippen LogP contribution in [-0.4, -0.2) is 47.7 Å². The van der Waals surface area contributed by atoms with Crippen molar-refractivity contribution in [1.29, 1.82) is 0 Å². The molecule has 1 N–H and O–H groups in total. The number of benzene rings is 1. The first kappa shape index (κ1) is 18.0. The van der Waals surface area contributed by atoms with Gasteiger partial charge in [-0.05, 0) is 42.5 Å². The molecule has 26 heavy (non-hydrogen) atoms. The summed E-state index contributed by atoms with van der Waals surface area (Å²) in [6.07, 6.45) is 5.07. The van der Waals surface area contributed by atoms with Gasteiger partial charge in [0.1, 0.15) is 12.4 Å². The minimum absolute atomic E-state index is 0.251. The number of rotatable bonds is 6. The van der Waals surface area contributed by atoms with Crippen molar-refractivity contribution in [2.45, 2.75) is 19.4 Å². The van der Waals surface area contributed by atoms with Crippen LogP contribution in [0.1, 0.15) is 18.4 Å². The van der Waals surface area contributed by atoms with E-state index in [-0.39, 0.29) is 12.7 Å². The predicted molar refractivity (Wildman–Crippen MR) is 98.0 cm³/mol. The molecule has 0 aliphatic carbocycles. The smallest absolute Gasteiger partial charge is 0.410 e. The van der Waals surface area contributed by atoms with Crippen molar-refractivity contribution in [1.82, 2.24) is 14.9 Å². The average Bonchev–Trinajstić information content (AvgIpc) is 2.72. The molecular formula is C19H24N4O3.